The van der Waals surface area contributed by atoms with Crippen molar-refractivity contribution in [3.63, 3.8) is 0 Å². The van der Waals surface area contributed by atoms with Crippen molar-refractivity contribution in [1.29, 1.82) is 0 Å². The molecule has 1 saturated heterocycles. The highest BCUT2D eigenvalue weighted by Crippen LogP contribution is 2.30. The number of rotatable bonds is 5. The van der Waals surface area contributed by atoms with Crippen molar-refractivity contribution < 1.29 is 14.3 Å². The lowest BCUT2D eigenvalue weighted by molar-refractivity contribution is -0.127. The van der Waals surface area contributed by atoms with Gasteiger partial charge in [0.1, 0.15) is 0 Å². The molecule has 3 rings (SSSR count). The fraction of sp³-hybridized carbons (Fsp3) is 0.438. The first-order valence-electron chi connectivity index (χ1n) is 7.80. The van der Waals surface area contributed by atoms with Crippen molar-refractivity contribution >= 4 is 40.5 Å². The summed E-state index contributed by atoms with van der Waals surface area (Å²) in [5.41, 5.74) is 0.993. The Morgan fingerprint density at radius 1 is 1.36 bits per heavy atom. The first-order chi connectivity index (χ1) is 12.0. The number of fused-ring (bicyclic) bond motifs is 1. The first kappa shape index (κ1) is 18.0. The molecule has 0 spiro atoms. The van der Waals surface area contributed by atoms with Crippen molar-refractivity contribution in [2.24, 2.45) is 4.99 Å². The van der Waals surface area contributed by atoms with Gasteiger partial charge >= 0.3 is 6.03 Å². The summed E-state index contributed by atoms with van der Waals surface area (Å²) in [6, 6.07) is 6.65. The highest BCUT2D eigenvalue weighted by molar-refractivity contribution is 8.13. The Kier molecular flexibility index (Phi) is 5.51. The van der Waals surface area contributed by atoms with Gasteiger partial charge in [0, 0.05) is 31.5 Å². The molecule has 2 aliphatic heterocycles. The fourth-order valence-corrected chi connectivity index (χ4v) is 4.17. The monoisotopic (exact) mass is 382 g/mol. The van der Waals surface area contributed by atoms with Gasteiger partial charge in [-0.1, -0.05) is 41.6 Å². The second-order valence-electron chi connectivity index (χ2n) is 5.74. The smallest absolute Gasteiger partial charge is 0.325 e. The number of hydrogen-bond acceptors (Lipinski definition) is 6. The molecule has 2 atom stereocenters. The number of carbonyl (C=O) groups excluding carboxylic acids is 2. The van der Waals surface area contributed by atoms with Gasteiger partial charge in [-0.2, -0.15) is 0 Å². The van der Waals surface area contributed by atoms with Crippen LogP contribution >= 0.6 is 23.4 Å². The molecular formula is C16H19ClN4O3S. The molecule has 134 valence electrons. The SMILES string of the molecule is COCCN1C(SCc2ccccc2Cl)=NC2C1C(=O)NC(=O)N2C. The molecule has 0 radical (unpaired) electrons. The molecule has 2 unspecified atom stereocenters. The van der Waals surface area contributed by atoms with E-state index in [2.05, 4.69) is 10.3 Å². The third kappa shape index (κ3) is 3.61. The van der Waals surface area contributed by atoms with E-state index < -0.39 is 18.2 Å². The molecular weight excluding hydrogens is 364 g/mol. The van der Waals surface area contributed by atoms with E-state index in [0.29, 0.717) is 29.1 Å². The van der Waals surface area contributed by atoms with Crippen molar-refractivity contribution in [2.75, 3.05) is 27.3 Å². The second-order valence-corrected chi connectivity index (χ2v) is 7.09. The van der Waals surface area contributed by atoms with Crippen LogP contribution in [0.3, 0.4) is 0 Å². The van der Waals surface area contributed by atoms with E-state index in [1.165, 1.54) is 16.7 Å². The lowest BCUT2D eigenvalue weighted by atomic mass is 10.1. The zero-order chi connectivity index (χ0) is 18.0. The second kappa shape index (κ2) is 7.63. The maximum atomic E-state index is 12.3. The molecule has 1 aromatic carbocycles. The van der Waals surface area contributed by atoms with Crippen molar-refractivity contribution in [1.82, 2.24) is 15.1 Å². The molecule has 0 aromatic heterocycles. The topological polar surface area (TPSA) is 74.2 Å². The number of nitrogens with zero attached hydrogens (tertiary/aromatic N) is 3. The van der Waals surface area contributed by atoms with Gasteiger partial charge in [0.05, 0.1) is 6.61 Å². The summed E-state index contributed by atoms with van der Waals surface area (Å²) in [5.74, 6) is 0.294. The number of imide groups is 1. The normalized spacial score (nSPS) is 22.8. The lowest BCUT2D eigenvalue weighted by Gasteiger charge is -2.36. The molecule has 9 heteroatoms. The molecule has 1 N–H and O–H groups in total. The van der Waals surface area contributed by atoms with Gasteiger partial charge in [-0.15, -0.1) is 0 Å². The average Bonchev–Trinajstić information content (AvgIpc) is 2.96. The third-order valence-electron chi connectivity index (χ3n) is 4.17. The molecule has 0 bridgehead atoms. The number of thioether (sulfide) groups is 1. The first-order valence-corrected chi connectivity index (χ1v) is 9.16. The molecule has 3 amide bonds. The van der Waals surface area contributed by atoms with Crippen molar-refractivity contribution in [3.8, 4) is 0 Å². The van der Waals surface area contributed by atoms with E-state index in [0.717, 1.165) is 5.56 Å². The predicted molar refractivity (Wildman–Crippen MR) is 97.6 cm³/mol. The fourth-order valence-electron chi connectivity index (χ4n) is 2.80. The number of hydrogen-bond donors (Lipinski definition) is 1. The van der Waals surface area contributed by atoms with Gasteiger partial charge in [0.25, 0.3) is 5.91 Å². The van der Waals surface area contributed by atoms with Crippen molar-refractivity contribution in [2.45, 2.75) is 18.0 Å². The van der Waals surface area contributed by atoms with E-state index in [-0.39, 0.29) is 5.91 Å². The Morgan fingerprint density at radius 2 is 2.12 bits per heavy atom. The van der Waals surface area contributed by atoms with Gasteiger partial charge in [-0.25, -0.2) is 9.79 Å². The summed E-state index contributed by atoms with van der Waals surface area (Å²) < 4.78 is 5.16. The number of urea groups is 1. The van der Waals surface area contributed by atoms with Gasteiger partial charge in [-0.05, 0) is 11.6 Å². The maximum absolute atomic E-state index is 12.3. The average molecular weight is 383 g/mol. The largest absolute Gasteiger partial charge is 0.383 e. The minimum atomic E-state index is -0.536. The summed E-state index contributed by atoms with van der Waals surface area (Å²) in [4.78, 5) is 32.2. The lowest BCUT2D eigenvalue weighted by Crippen LogP contribution is -2.63. The van der Waals surface area contributed by atoms with Gasteiger partial charge in [-0.3, -0.25) is 10.1 Å². The number of aliphatic imine (C=N–C) groups is 1. The van der Waals surface area contributed by atoms with E-state index in [1.807, 2.05) is 29.2 Å². The van der Waals surface area contributed by atoms with Gasteiger partial charge in [0.15, 0.2) is 17.4 Å². The van der Waals surface area contributed by atoms with Crippen molar-refractivity contribution in [3.05, 3.63) is 34.9 Å². The van der Waals surface area contributed by atoms with Crippen LogP contribution < -0.4 is 5.32 Å². The summed E-state index contributed by atoms with van der Waals surface area (Å²) >= 11 is 7.71. The Labute approximate surface area is 155 Å². The molecule has 1 fully saturated rings. The van der Waals surface area contributed by atoms with E-state index in [1.54, 1.807) is 14.2 Å². The zero-order valence-electron chi connectivity index (χ0n) is 13.9. The van der Waals surface area contributed by atoms with E-state index in [9.17, 15) is 9.59 Å². The number of carbonyl (C=O) groups is 2. The Hall–Kier alpha value is -1.77. The molecule has 7 nitrogen and oxygen atoms in total. The van der Waals surface area contributed by atoms with Crippen LogP contribution in [-0.4, -0.2) is 66.4 Å². The summed E-state index contributed by atoms with van der Waals surface area (Å²) in [6.07, 6.45) is -0.521. The van der Waals surface area contributed by atoms with Crippen LogP contribution in [0, 0.1) is 0 Å². The molecule has 2 heterocycles. The summed E-state index contributed by atoms with van der Waals surface area (Å²) in [5, 5.41) is 3.78. The van der Waals surface area contributed by atoms with Crippen LogP contribution in [0.15, 0.2) is 29.3 Å². The Bertz CT molecular complexity index is 714. The van der Waals surface area contributed by atoms with Crippen LogP contribution in [0.5, 0.6) is 0 Å². The van der Waals surface area contributed by atoms with Crippen LogP contribution in [0.4, 0.5) is 4.79 Å². The Balaban J connectivity index is 1.81. The number of likely N-dealkylation sites (N-methyl/N-ethyl adjacent to an activating group) is 1. The van der Waals surface area contributed by atoms with E-state index >= 15 is 0 Å². The quantitative estimate of drug-likeness (QED) is 0.840. The Morgan fingerprint density at radius 3 is 2.84 bits per heavy atom. The zero-order valence-corrected chi connectivity index (χ0v) is 15.5. The summed E-state index contributed by atoms with van der Waals surface area (Å²) in [7, 11) is 3.25. The standard InChI is InChI=1S/C16H19ClN4O3S/c1-20-13-12(14(22)19-15(20)23)21(7-8-24-2)16(18-13)25-9-10-5-3-4-6-11(10)17/h3-6,12-13H,7-9H2,1-2H3,(H,19,22,23). The minimum Gasteiger partial charge on any atom is -0.383 e. The maximum Gasteiger partial charge on any atom is 0.325 e. The number of amidine groups is 1. The van der Waals surface area contributed by atoms with Gasteiger partial charge in [0.2, 0.25) is 0 Å². The number of nitrogens with one attached hydrogen (secondary N) is 1. The molecule has 0 saturated carbocycles. The number of amides is 3. The van der Waals surface area contributed by atoms with Crippen LogP contribution in [0.25, 0.3) is 0 Å². The molecule has 2 aliphatic rings. The number of methoxy groups -OCH3 is 1. The van der Waals surface area contributed by atoms with Gasteiger partial charge < -0.3 is 14.5 Å². The number of benzene rings is 1. The molecule has 1 aromatic rings. The molecule has 25 heavy (non-hydrogen) atoms. The van der Waals surface area contributed by atoms with E-state index in [4.69, 9.17) is 16.3 Å². The van der Waals surface area contributed by atoms with Crippen LogP contribution in [0.1, 0.15) is 5.56 Å². The third-order valence-corrected chi connectivity index (χ3v) is 5.60. The number of ether oxygens (including phenoxy) is 1. The summed E-state index contributed by atoms with van der Waals surface area (Å²) in [6.45, 7) is 0.974. The predicted octanol–water partition coefficient (Wildman–Crippen LogP) is 1.77. The highest BCUT2D eigenvalue weighted by Gasteiger charge is 2.48. The highest BCUT2D eigenvalue weighted by atomic mass is 35.5. The molecule has 0 aliphatic carbocycles. The van der Waals surface area contributed by atoms with Crippen LogP contribution in [-0.2, 0) is 15.3 Å². The van der Waals surface area contributed by atoms with Crippen LogP contribution in [0.2, 0.25) is 5.02 Å². The number of halogens is 1. The minimum absolute atomic E-state index is 0.332.